The molecule has 106 valence electrons. The molecule has 0 spiro atoms. The Bertz CT molecular complexity index is 440. The van der Waals surface area contributed by atoms with E-state index in [0.717, 1.165) is 25.3 Å². The molecule has 1 saturated heterocycles. The summed E-state index contributed by atoms with van der Waals surface area (Å²) in [7, 11) is 0. The smallest absolute Gasteiger partial charge is 0.273 e. The van der Waals surface area contributed by atoms with Gasteiger partial charge in [0.25, 0.3) is 5.91 Å². The summed E-state index contributed by atoms with van der Waals surface area (Å²) in [6.07, 6.45) is 0.999. The first kappa shape index (κ1) is 14.1. The minimum absolute atomic E-state index is 0.133. The molecular weight excluding hydrogens is 242 g/mol. The van der Waals surface area contributed by atoms with Gasteiger partial charge in [-0.05, 0) is 20.3 Å². The highest BCUT2D eigenvalue weighted by molar-refractivity contribution is 5.92. The van der Waals surface area contributed by atoms with Crippen LogP contribution >= 0.6 is 0 Å². The highest BCUT2D eigenvalue weighted by Gasteiger charge is 2.26. The molecule has 0 aliphatic carbocycles. The molecule has 5 heteroatoms. The van der Waals surface area contributed by atoms with Crippen molar-refractivity contribution in [1.29, 1.82) is 0 Å². The Labute approximate surface area is 114 Å². The van der Waals surface area contributed by atoms with Crippen molar-refractivity contribution in [1.82, 2.24) is 15.4 Å². The topological polar surface area (TPSA) is 58.4 Å². The van der Waals surface area contributed by atoms with Crippen molar-refractivity contribution in [3.63, 3.8) is 0 Å². The minimum Gasteiger partial charge on any atom is -0.360 e. The van der Waals surface area contributed by atoms with Crippen LogP contribution in [0.1, 0.15) is 56.3 Å². The number of aromatic nitrogens is 1. The zero-order valence-electron chi connectivity index (χ0n) is 12.1. The molecule has 1 aliphatic heterocycles. The first-order valence-corrected chi connectivity index (χ1v) is 6.99. The van der Waals surface area contributed by atoms with Crippen molar-refractivity contribution in [3.05, 3.63) is 17.5 Å². The van der Waals surface area contributed by atoms with Crippen LogP contribution in [0.4, 0.5) is 0 Å². The van der Waals surface area contributed by atoms with E-state index < -0.39 is 0 Å². The maximum atomic E-state index is 12.1. The molecule has 1 N–H and O–H groups in total. The van der Waals surface area contributed by atoms with Crippen LogP contribution in [0.25, 0.3) is 0 Å². The molecule has 0 aromatic carbocycles. The van der Waals surface area contributed by atoms with Crippen LogP contribution < -0.4 is 5.32 Å². The van der Waals surface area contributed by atoms with Crippen LogP contribution in [-0.4, -0.2) is 41.1 Å². The van der Waals surface area contributed by atoms with Gasteiger partial charge in [-0.25, -0.2) is 0 Å². The number of carbonyl (C=O) groups excluding carboxylic acids is 1. The second-order valence-electron chi connectivity index (χ2n) is 5.82. The predicted molar refractivity (Wildman–Crippen MR) is 73.2 cm³/mol. The summed E-state index contributed by atoms with van der Waals surface area (Å²) >= 11 is 0. The van der Waals surface area contributed by atoms with Gasteiger partial charge in [-0.15, -0.1) is 0 Å². The second kappa shape index (κ2) is 5.74. The van der Waals surface area contributed by atoms with Gasteiger partial charge in [0.15, 0.2) is 5.69 Å². The normalized spacial score (nSPS) is 20.4. The summed E-state index contributed by atoms with van der Waals surface area (Å²) in [6, 6.07) is 2.48. The Morgan fingerprint density at radius 3 is 2.74 bits per heavy atom. The van der Waals surface area contributed by atoms with Gasteiger partial charge >= 0.3 is 0 Å². The fourth-order valence-corrected chi connectivity index (χ4v) is 2.30. The fraction of sp³-hybridized carbons (Fsp3) is 0.714. The Hall–Kier alpha value is -1.36. The number of nitrogens with one attached hydrogen (secondary N) is 1. The molecule has 2 rings (SSSR count). The molecule has 1 aromatic heterocycles. The number of likely N-dealkylation sites (tertiary alicyclic amines) is 1. The molecule has 5 nitrogen and oxygen atoms in total. The Kier molecular flexibility index (Phi) is 4.24. The van der Waals surface area contributed by atoms with E-state index in [1.165, 1.54) is 0 Å². The molecule has 1 amide bonds. The van der Waals surface area contributed by atoms with E-state index in [-0.39, 0.29) is 17.9 Å². The maximum absolute atomic E-state index is 12.1. The third kappa shape index (κ3) is 3.35. The van der Waals surface area contributed by atoms with Gasteiger partial charge in [0, 0.05) is 37.2 Å². The first-order chi connectivity index (χ1) is 8.97. The van der Waals surface area contributed by atoms with Crippen LogP contribution in [-0.2, 0) is 0 Å². The first-order valence-electron chi connectivity index (χ1n) is 6.99. The van der Waals surface area contributed by atoms with E-state index in [4.69, 9.17) is 4.52 Å². The Morgan fingerprint density at radius 2 is 2.21 bits per heavy atom. The molecule has 2 heterocycles. The summed E-state index contributed by atoms with van der Waals surface area (Å²) < 4.78 is 5.15. The van der Waals surface area contributed by atoms with Gasteiger partial charge in [0.1, 0.15) is 5.76 Å². The molecule has 0 bridgehead atoms. The lowest BCUT2D eigenvalue weighted by atomic mass is 10.1. The van der Waals surface area contributed by atoms with Crippen LogP contribution in [0.5, 0.6) is 0 Å². The number of hydrogen-bond donors (Lipinski definition) is 1. The summed E-state index contributed by atoms with van der Waals surface area (Å²) in [5.74, 6) is 0.864. The molecule has 1 unspecified atom stereocenters. The van der Waals surface area contributed by atoms with Crippen molar-refractivity contribution in [2.24, 2.45) is 0 Å². The Balaban J connectivity index is 1.91. The number of hydrogen-bond acceptors (Lipinski definition) is 4. The van der Waals surface area contributed by atoms with Gasteiger partial charge < -0.3 is 9.84 Å². The highest BCUT2D eigenvalue weighted by atomic mass is 16.5. The molecule has 1 atom stereocenters. The van der Waals surface area contributed by atoms with Crippen LogP contribution in [0, 0.1) is 0 Å². The van der Waals surface area contributed by atoms with Gasteiger partial charge in [0.2, 0.25) is 0 Å². The average Bonchev–Trinajstić information content (AvgIpc) is 2.96. The summed E-state index contributed by atoms with van der Waals surface area (Å²) in [5.41, 5.74) is 0.381. The zero-order valence-corrected chi connectivity index (χ0v) is 12.1. The van der Waals surface area contributed by atoms with Crippen molar-refractivity contribution in [2.45, 2.75) is 52.1 Å². The van der Waals surface area contributed by atoms with E-state index in [1.807, 2.05) is 13.8 Å². The predicted octanol–water partition coefficient (Wildman–Crippen LogP) is 2.01. The molecule has 0 radical (unpaired) electrons. The van der Waals surface area contributed by atoms with E-state index in [0.29, 0.717) is 11.7 Å². The number of carbonyl (C=O) groups is 1. The number of rotatable bonds is 4. The number of nitrogens with zero attached hydrogens (tertiary/aromatic N) is 2. The average molecular weight is 265 g/mol. The zero-order chi connectivity index (χ0) is 14.0. The monoisotopic (exact) mass is 265 g/mol. The lowest BCUT2D eigenvalue weighted by molar-refractivity contribution is 0.0927. The highest BCUT2D eigenvalue weighted by Crippen LogP contribution is 2.16. The minimum atomic E-state index is -0.133. The van der Waals surface area contributed by atoms with Gasteiger partial charge in [0.05, 0.1) is 0 Å². The van der Waals surface area contributed by atoms with Gasteiger partial charge in [-0.2, -0.15) is 0 Å². The summed E-state index contributed by atoms with van der Waals surface area (Å²) in [5, 5.41) is 6.86. The summed E-state index contributed by atoms with van der Waals surface area (Å²) in [4.78, 5) is 14.4. The van der Waals surface area contributed by atoms with Crippen molar-refractivity contribution < 1.29 is 9.32 Å². The van der Waals surface area contributed by atoms with E-state index >= 15 is 0 Å². The third-order valence-electron chi connectivity index (χ3n) is 3.62. The lowest BCUT2D eigenvalue weighted by Gasteiger charge is -2.20. The SMILES string of the molecule is CC(C)c1cc(C(=O)NC2CCN(C(C)C)C2)no1. The second-order valence-corrected chi connectivity index (χ2v) is 5.82. The van der Waals surface area contributed by atoms with E-state index in [2.05, 4.69) is 29.2 Å². The van der Waals surface area contributed by atoms with Crippen molar-refractivity contribution >= 4 is 5.91 Å². The van der Waals surface area contributed by atoms with Crippen molar-refractivity contribution in [2.75, 3.05) is 13.1 Å². The fourth-order valence-electron chi connectivity index (χ4n) is 2.30. The van der Waals surface area contributed by atoms with Crippen LogP contribution in [0.15, 0.2) is 10.6 Å². The molecule has 1 aromatic rings. The van der Waals surface area contributed by atoms with Crippen LogP contribution in [0.3, 0.4) is 0 Å². The largest absolute Gasteiger partial charge is 0.360 e. The maximum Gasteiger partial charge on any atom is 0.273 e. The summed E-state index contributed by atoms with van der Waals surface area (Å²) in [6.45, 7) is 10.3. The molecule has 19 heavy (non-hydrogen) atoms. The lowest BCUT2D eigenvalue weighted by Crippen LogP contribution is -2.38. The van der Waals surface area contributed by atoms with Gasteiger partial charge in [-0.3, -0.25) is 9.69 Å². The Morgan fingerprint density at radius 1 is 1.47 bits per heavy atom. The molecule has 1 aliphatic rings. The van der Waals surface area contributed by atoms with Crippen LogP contribution in [0.2, 0.25) is 0 Å². The number of amides is 1. The standard InChI is InChI=1S/C14H23N3O2/c1-9(2)13-7-12(16-19-13)14(18)15-11-5-6-17(8-11)10(3)4/h7,9-11H,5-6,8H2,1-4H3,(H,15,18). The third-order valence-corrected chi connectivity index (χ3v) is 3.62. The molecular formula is C14H23N3O2. The van der Waals surface area contributed by atoms with Crippen molar-refractivity contribution in [3.8, 4) is 0 Å². The van der Waals surface area contributed by atoms with E-state index in [9.17, 15) is 4.79 Å². The quantitative estimate of drug-likeness (QED) is 0.904. The molecule has 1 fully saturated rings. The van der Waals surface area contributed by atoms with Gasteiger partial charge in [-0.1, -0.05) is 19.0 Å². The van der Waals surface area contributed by atoms with E-state index in [1.54, 1.807) is 6.07 Å². The molecule has 0 saturated carbocycles.